The van der Waals surface area contributed by atoms with E-state index in [1.165, 1.54) is 0 Å². The predicted octanol–water partition coefficient (Wildman–Crippen LogP) is 1.57. The van der Waals surface area contributed by atoms with Gasteiger partial charge in [-0.3, -0.25) is 19.6 Å². The van der Waals surface area contributed by atoms with Crippen LogP contribution >= 0.6 is 0 Å². The van der Waals surface area contributed by atoms with Gasteiger partial charge in [-0.05, 0) is 37.5 Å². The van der Waals surface area contributed by atoms with Gasteiger partial charge in [0.25, 0.3) is 11.8 Å². The lowest BCUT2D eigenvalue weighted by Crippen LogP contribution is -2.50. The Bertz CT molecular complexity index is 1180. The minimum absolute atomic E-state index is 0.346. The van der Waals surface area contributed by atoms with Crippen molar-refractivity contribution < 1.29 is 18.8 Å². The van der Waals surface area contributed by atoms with E-state index in [1.54, 1.807) is 31.2 Å². The van der Waals surface area contributed by atoms with Crippen molar-refractivity contribution in [2.45, 2.75) is 31.8 Å². The maximum Gasteiger partial charge on any atom is 0.420 e. The van der Waals surface area contributed by atoms with Crippen molar-refractivity contribution in [3.8, 4) is 0 Å². The van der Waals surface area contributed by atoms with Crippen LogP contribution in [0.25, 0.3) is 11.1 Å². The molecule has 154 valence electrons. The van der Waals surface area contributed by atoms with Crippen LogP contribution in [0.3, 0.4) is 0 Å². The third kappa shape index (κ3) is 3.57. The fourth-order valence-electron chi connectivity index (χ4n) is 3.46. The molecule has 0 radical (unpaired) electrons. The van der Waals surface area contributed by atoms with Crippen molar-refractivity contribution in [2.75, 3.05) is 0 Å². The minimum Gasteiger partial charge on any atom is -0.408 e. The third-order valence-corrected chi connectivity index (χ3v) is 5.13. The molecule has 1 aliphatic rings. The number of urea groups is 1. The standard InChI is InChI=1S/C21H20N4O5/c1-21(12-11-14-7-3-2-4-8-14)18(27)25(19(28)22-21)23-17(26)13-24-15-9-5-6-10-16(15)30-20(24)29/h2-10H,11-13H2,1H3,(H,22,28)(H,23,26). The van der Waals surface area contributed by atoms with Gasteiger partial charge in [-0.25, -0.2) is 9.59 Å². The predicted molar refractivity (Wildman–Crippen MR) is 107 cm³/mol. The number of nitrogens with one attached hydrogen (secondary N) is 2. The molecule has 4 amide bonds. The highest BCUT2D eigenvalue weighted by molar-refractivity contribution is 6.07. The van der Waals surface area contributed by atoms with Crippen molar-refractivity contribution in [3.63, 3.8) is 0 Å². The second-order valence-electron chi connectivity index (χ2n) is 7.35. The van der Waals surface area contributed by atoms with Gasteiger partial charge in [0.2, 0.25) is 0 Å². The summed E-state index contributed by atoms with van der Waals surface area (Å²) >= 11 is 0. The first-order valence-corrected chi connectivity index (χ1v) is 9.46. The van der Waals surface area contributed by atoms with Crippen LogP contribution in [0.2, 0.25) is 0 Å². The molecule has 4 rings (SSSR count). The number of nitrogens with zero attached hydrogens (tertiary/aromatic N) is 2. The van der Waals surface area contributed by atoms with Crippen LogP contribution in [0.15, 0.2) is 63.8 Å². The first-order valence-electron chi connectivity index (χ1n) is 9.46. The lowest BCUT2D eigenvalue weighted by molar-refractivity contribution is -0.139. The summed E-state index contributed by atoms with van der Waals surface area (Å²) in [6.45, 7) is 1.23. The number of para-hydroxylation sites is 2. The molecule has 1 aliphatic heterocycles. The molecular weight excluding hydrogens is 388 g/mol. The summed E-state index contributed by atoms with van der Waals surface area (Å²) < 4.78 is 6.22. The van der Waals surface area contributed by atoms with Crippen LogP contribution in [-0.4, -0.2) is 33.0 Å². The summed E-state index contributed by atoms with van der Waals surface area (Å²) in [7, 11) is 0. The molecule has 0 aliphatic carbocycles. The lowest BCUT2D eigenvalue weighted by Gasteiger charge is -2.21. The number of hydrazine groups is 1. The molecule has 2 heterocycles. The third-order valence-electron chi connectivity index (χ3n) is 5.13. The van der Waals surface area contributed by atoms with E-state index < -0.39 is 35.7 Å². The van der Waals surface area contributed by atoms with E-state index in [0.717, 1.165) is 10.1 Å². The summed E-state index contributed by atoms with van der Waals surface area (Å²) in [6, 6.07) is 15.5. The number of oxazole rings is 1. The maximum atomic E-state index is 12.8. The second-order valence-corrected chi connectivity index (χ2v) is 7.35. The van der Waals surface area contributed by atoms with E-state index in [9.17, 15) is 19.2 Å². The van der Waals surface area contributed by atoms with Crippen molar-refractivity contribution in [2.24, 2.45) is 0 Å². The van der Waals surface area contributed by atoms with E-state index in [4.69, 9.17) is 4.42 Å². The number of carbonyl (C=O) groups excluding carboxylic acids is 3. The Morgan fingerprint density at radius 3 is 2.53 bits per heavy atom. The van der Waals surface area contributed by atoms with Crippen LogP contribution in [0, 0.1) is 0 Å². The van der Waals surface area contributed by atoms with Gasteiger partial charge in [-0.1, -0.05) is 42.5 Å². The molecule has 2 aromatic carbocycles. The molecule has 1 saturated heterocycles. The molecule has 9 heteroatoms. The largest absolute Gasteiger partial charge is 0.420 e. The van der Waals surface area contributed by atoms with Crippen molar-refractivity contribution in [1.29, 1.82) is 0 Å². The zero-order valence-electron chi connectivity index (χ0n) is 16.3. The monoisotopic (exact) mass is 408 g/mol. The molecule has 1 aromatic heterocycles. The number of imide groups is 1. The minimum atomic E-state index is -1.14. The Labute approximate surface area is 171 Å². The normalized spacial score (nSPS) is 18.6. The molecule has 30 heavy (non-hydrogen) atoms. The number of fused-ring (bicyclic) bond motifs is 1. The number of carbonyl (C=O) groups is 3. The molecule has 3 aromatic rings. The Kier molecular flexibility index (Phi) is 4.86. The molecule has 9 nitrogen and oxygen atoms in total. The van der Waals surface area contributed by atoms with Crippen LogP contribution in [-0.2, 0) is 22.6 Å². The van der Waals surface area contributed by atoms with Gasteiger partial charge in [0.05, 0.1) is 5.52 Å². The molecular formula is C21H20N4O5. The molecule has 1 unspecified atom stereocenters. The molecule has 1 fully saturated rings. The summed E-state index contributed by atoms with van der Waals surface area (Å²) in [5.41, 5.74) is 2.98. The van der Waals surface area contributed by atoms with Gasteiger partial charge in [0, 0.05) is 0 Å². The quantitative estimate of drug-likeness (QED) is 0.601. The lowest BCUT2D eigenvalue weighted by atomic mass is 9.93. The molecule has 2 N–H and O–H groups in total. The van der Waals surface area contributed by atoms with Gasteiger partial charge >= 0.3 is 11.8 Å². The Balaban J connectivity index is 1.44. The number of rotatable bonds is 6. The number of aromatic nitrogens is 1. The van der Waals surface area contributed by atoms with E-state index in [1.807, 2.05) is 30.3 Å². The van der Waals surface area contributed by atoms with Gasteiger partial charge in [-0.15, -0.1) is 0 Å². The highest BCUT2D eigenvalue weighted by Crippen LogP contribution is 2.22. The van der Waals surface area contributed by atoms with Crippen LogP contribution in [0.4, 0.5) is 4.79 Å². The van der Waals surface area contributed by atoms with Gasteiger partial charge < -0.3 is 9.73 Å². The highest BCUT2D eigenvalue weighted by atomic mass is 16.4. The highest BCUT2D eigenvalue weighted by Gasteiger charge is 2.48. The van der Waals surface area contributed by atoms with Crippen molar-refractivity contribution in [1.82, 2.24) is 20.3 Å². The van der Waals surface area contributed by atoms with Crippen LogP contribution in [0.1, 0.15) is 18.9 Å². The van der Waals surface area contributed by atoms with Crippen molar-refractivity contribution >= 4 is 28.9 Å². The molecule has 0 spiro atoms. The van der Waals surface area contributed by atoms with Gasteiger partial charge in [0.1, 0.15) is 12.1 Å². The summed E-state index contributed by atoms with van der Waals surface area (Å²) in [5.74, 6) is -1.95. The second kappa shape index (κ2) is 7.51. The molecule has 0 bridgehead atoms. The smallest absolute Gasteiger partial charge is 0.408 e. The average Bonchev–Trinajstić information content (AvgIpc) is 3.16. The summed E-state index contributed by atoms with van der Waals surface area (Å²) in [5, 5.41) is 3.31. The topological polar surface area (TPSA) is 114 Å². The Morgan fingerprint density at radius 2 is 1.77 bits per heavy atom. The summed E-state index contributed by atoms with van der Waals surface area (Å²) in [6.07, 6.45) is 0.960. The number of hydrogen-bond acceptors (Lipinski definition) is 5. The van der Waals surface area contributed by atoms with Crippen molar-refractivity contribution in [3.05, 3.63) is 70.7 Å². The first-order chi connectivity index (χ1) is 14.4. The van der Waals surface area contributed by atoms with Gasteiger partial charge in [0.15, 0.2) is 5.58 Å². The molecule has 1 atom stereocenters. The number of hydrogen-bond donors (Lipinski definition) is 2. The number of amides is 4. The van der Waals surface area contributed by atoms with Crippen LogP contribution in [0.5, 0.6) is 0 Å². The molecule has 0 saturated carbocycles. The zero-order chi connectivity index (χ0) is 21.3. The fraction of sp³-hybridized carbons (Fsp3) is 0.238. The Hall–Kier alpha value is -3.88. The fourth-order valence-corrected chi connectivity index (χ4v) is 3.46. The van der Waals surface area contributed by atoms with Crippen LogP contribution < -0.4 is 16.5 Å². The number of benzene rings is 2. The van der Waals surface area contributed by atoms with E-state index >= 15 is 0 Å². The Morgan fingerprint density at radius 1 is 1.07 bits per heavy atom. The summed E-state index contributed by atoms with van der Waals surface area (Å²) in [4.78, 5) is 49.6. The average molecular weight is 408 g/mol. The van der Waals surface area contributed by atoms with E-state index in [2.05, 4.69) is 10.7 Å². The first kappa shape index (κ1) is 19.4. The van der Waals surface area contributed by atoms with E-state index in [-0.39, 0.29) is 0 Å². The van der Waals surface area contributed by atoms with E-state index in [0.29, 0.717) is 29.0 Å². The maximum absolute atomic E-state index is 12.8. The number of aryl methyl sites for hydroxylation is 1. The van der Waals surface area contributed by atoms with Gasteiger partial charge in [-0.2, -0.15) is 5.01 Å². The zero-order valence-corrected chi connectivity index (χ0v) is 16.3. The SMILES string of the molecule is CC1(CCc2ccccc2)NC(=O)N(NC(=O)Cn2c(=O)oc3ccccc32)C1=O.